The maximum absolute atomic E-state index is 10.1. The molecule has 0 rings (SSSR count). The first kappa shape index (κ1) is 24.0. The number of hydrogen-bond acceptors (Lipinski definition) is 6. The number of unbranched alkanes of at least 4 members (excludes halogenated alkanes) is 5. The molecule has 0 heterocycles. The lowest BCUT2D eigenvalue weighted by Gasteiger charge is -2.23. The van der Waals surface area contributed by atoms with Crippen molar-refractivity contribution in [3.63, 3.8) is 0 Å². The van der Waals surface area contributed by atoms with E-state index in [1.807, 2.05) is 0 Å². The average Bonchev–Trinajstić information content (AvgIpc) is 2.53. The van der Waals surface area contributed by atoms with Crippen LogP contribution in [0.4, 0.5) is 0 Å². The van der Waals surface area contributed by atoms with Gasteiger partial charge in [0.25, 0.3) is 0 Å². The van der Waals surface area contributed by atoms with Crippen molar-refractivity contribution < 1.29 is 40.2 Å². The van der Waals surface area contributed by atoms with Gasteiger partial charge in [-0.25, -0.2) is 0 Å². The van der Waals surface area contributed by atoms with Gasteiger partial charge in [0.15, 0.2) is 0 Å². The van der Waals surface area contributed by atoms with E-state index in [-0.39, 0.29) is 12.8 Å². The fourth-order valence-corrected chi connectivity index (χ4v) is 1.56. The molecule has 0 atom stereocenters. The minimum Gasteiger partial charge on any atom is -0.481 e. The monoisotopic (exact) mass is 338 g/mol. The van der Waals surface area contributed by atoms with Gasteiger partial charge in [-0.05, 0) is 12.8 Å². The number of aliphatic hydroxyl groups excluding tert-OH is 4. The first-order chi connectivity index (χ1) is 10.9. The molecule has 0 saturated heterocycles. The lowest BCUT2D eigenvalue weighted by atomic mass is 9.93. The van der Waals surface area contributed by atoms with E-state index in [4.69, 9.17) is 30.6 Å². The van der Waals surface area contributed by atoms with Crippen molar-refractivity contribution in [3.05, 3.63) is 0 Å². The van der Waals surface area contributed by atoms with Gasteiger partial charge in [-0.1, -0.05) is 25.7 Å². The van der Waals surface area contributed by atoms with Crippen LogP contribution in [-0.4, -0.2) is 69.0 Å². The maximum Gasteiger partial charge on any atom is 0.303 e. The number of carbonyl (C=O) groups is 2. The third-order valence-corrected chi connectivity index (χ3v) is 3.37. The van der Waals surface area contributed by atoms with Crippen molar-refractivity contribution in [2.24, 2.45) is 5.41 Å². The smallest absolute Gasteiger partial charge is 0.303 e. The van der Waals surface area contributed by atoms with Gasteiger partial charge in [0.2, 0.25) is 0 Å². The van der Waals surface area contributed by atoms with Gasteiger partial charge in [-0.2, -0.15) is 0 Å². The van der Waals surface area contributed by atoms with E-state index in [1.54, 1.807) is 0 Å². The molecule has 23 heavy (non-hydrogen) atoms. The van der Waals surface area contributed by atoms with Gasteiger partial charge in [0, 0.05) is 12.8 Å². The van der Waals surface area contributed by atoms with E-state index >= 15 is 0 Å². The fraction of sp³-hybridized carbons (Fsp3) is 0.867. The summed E-state index contributed by atoms with van der Waals surface area (Å²) in [5.41, 5.74) is -1.11. The Bertz CT molecular complexity index is 264. The standard InChI is InChI=1S/C10H18O4.C5H12O4/c11-9(12)7-5-3-1-2-4-6-8-10(13)14;6-1-5(2-7,3-8)4-9/h1-8H2,(H,11,12)(H,13,14);6-9H,1-4H2. The van der Waals surface area contributed by atoms with Gasteiger partial charge in [-0.15, -0.1) is 0 Å². The quantitative estimate of drug-likeness (QED) is 0.260. The highest BCUT2D eigenvalue weighted by Gasteiger charge is 2.26. The van der Waals surface area contributed by atoms with Crippen LogP contribution >= 0.6 is 0 Å². The Morgan fingerprint density at radius 3 is 1.00 bits per heavy atom. The third kappa shape index (κ3) is 15.4. The first-order valence-electron chi connectivity index (χ1n) is 7.74. The summed E-state index contributed by atoms with van der Waals surface area (Å²) in [4.78, 5) is 20.3. The van der Waals surface area contributed by atoms with E-state index in [9.17, 15) is 9.59 Å². The molecular formula is C15H30O8. The van der Waals surface area contributed by atoms with Crippen molar-refractivity contribution in [1.29, 1.82) is 0 Å². The van der Waals surface area contributed by atoms with Crippen LogP contribution in [0, 0.1) is 5.41 Å². The summed E-state index contributed by atoms with van der Waals surface area (Å²) < 4.78 is 0. The number of carboxylic acid groups (broad SMARTS) is 2. The van der Waals surface area contributed by atoms with Crippen molar-refractivity contribution in [2.45, 2.75) is 51.4 Å². The highest BCUT2D eigenvalue weighted by Crippen LogP contribution is 2.12. The minimum atomic E-state index is -1.11. The number of carboxylic acids is 2. The largest absolute Gasteiger partial charge is 0.481 e. The maximum atomic E-state index is 10.1. The fourth-order valence-electron chi connectivity index (χ4n) is 1.56. The van der Waals surface area contributed by atoms with Crippen LogP contribution < -0.4 is 0 Å². The Labute approximate surface area is 136 Å². The zero-order chi connectivity index (χ0) is 18.1. The average molecular weight is 338 g/mol. The lowest BCUT2D eigenvalue weighted by Crippen LogP contribution is -2.37. The SMILES string of the molecule is O=C(O)CCCCCCCCC(=O)O.OCC(CO)(CO)CO. The molecule has 0 unspecified atom stereocenters. The van der Waals surface area contributed by atoms with E-state index in [0.29, 0.717) is 0 Å². The van der Waals surface area contributed by atoms with Crippen LogP contribution in [0.3, 0.4) is 0 Å². The number of aliphatic hydroxyl groups is 4. The summed E-state index contributed by atoms with van der Waals surface area (Å²) in [5, 5.41) is 50.7. The van der Waals surface area contributed by atoms with Crippen LogP contribution in [0.15, 0.2) is 0 Å². The highest BCUT2D eigenvalue weighted by molar-refractivity contribution is 5.66. The second kappa shape index (κ2) is 15.7. The molecule has 8 nitrogen and oxygen atoms in total. The summed E-state index contributed by atoms with van der Waals surface area (Å²) in [6.07, 6.45) is 5.82. The first-order valence-corrected chi connectivity index (χ1v) is 7.74. The van der Waals surface area contributed by atoms with E-state index in [1.165, 1.54) is 0 Å². The topological polar surface area (TPSA) is 156 Å². The van der Waals surface area contributed by atoms with Crippen LogP contribution in [-0.2, 0) is 9.59 Å². The van der Waals surface area contributed by atoms with Gasteiger partial charge in [-0.3, -0.25) is 9.59 Å². The molecule has 138 valence electrons. The van der Waals surface area contributed by atoms with Gasteiger partial charge in [0.1, 0.15) is 0 Å². The number of hydrogen-bond donors (Lipinski definition) is 6. The van der Waals surface area contributed by atoms with Crippen LogP contribution in [0.2, 0.25) is 0 Å². The number of rotatable bonds is 13. The summed E-state index contributed by atoms with van der Waals surface area (Å²) in [5.74, 6) is -1.48. The zero-order valence-corrected chi connectivity index (χ0v) is 13.5. The molecule has 0 fully saturated rings. The highest BCUT2D eigenvalue weighted by atomic mass is 16.4. The molecule has 0 bridgehead atoms. The van der Waals surface area contributed by atoms with Crippen molar-refractivity contribution in [2.75, 3.05) is 26.4 Å². The van der Waals surface area contributed by atoms with E-state index < -0.39 is 43.8 Å². The predicted octanol–water partition coefficient (Wildman–Crippen LogP) is 0.218. The Hall–Kier alpha value is -1.22. The lowest BCUT2D eigenvalue weighted by molar-refractivity contribution is -0.138. The Kier molecular flexibility index (Phi) is 16.4. The molecule has 0 aliphatic heterocycles. The van der Waals surface area contributed by atoms with E-state index in [2.05, 4.69) is 0 Å². The van der Waals surface area contributed by atoms with Crippen LogP contribution in [0.1, 0.15) is 51.4 Å². The summed E-state index contributed by atoms with van der Waals surface area (Å²) in [6.45, 7) is -1.62. The van der Waals surface area contributed by atoms with Crippen molar-refractivity contribution in [3.8, 4) is 0 Å². The summed E-state index contributed by atoms with van der Waals surface area (Å²) >= 11 is 0. The second-order valence-electron chi connectivity index (χ2n) is 5.54. The van der Waals surface area contributed by atoms with E-state index in [0.717, 1.165) is 38.5 Å². The molecule has 0 aromatic carbocycles. The van der Waals surface area contributed by atoms with Crippen LogP contribution in [0.25, 0.3) is 0 Å². The molecule has 0 saturated carbocycles. The minimum absolute atomic E-state index is 0.245. The van der Waals surface area contributed by atoms with Gasteiger partial charge in [0.05, 0.1) is 31.8 Å². The molecule has 0 aromatic heterocycles. The summed E-state index contributed by atoms with van der Waals surface area (Å²) in [7, 11) is 0. The van der Waals surface area contributed by atoms with Crippen molar-refractivity contribution in [1.82, 2.24) is 0 Å². The molecule has 0 amide bonds. The second-order valence-corrected chi connectivity index (χ2v) is 5.54. The molecule has 0 spiro atoms. The van der Waals surface area contributed by atoms with Crippen LogP contribution in [0.5, 0.6) is 0 Å². The summed E-state index contributed by atoms with van der Waals surface area (Å²) in [6, 6.07) is 0. The normalized spacial score (nSPS) is 10.8. The third-order valence-electron chi connectivity index (χ3n) is 3.37. The Balaban J connectivity index is 0. The molecule has 8 heteroatoms. The van der Waals surface area contributed by atoms with Crippen molar-refractivity contribution >= 4 is 11.9 Å². The molecule has 0 aliphatic rings. The van der Waals surface area contributed by atoms with Gasteiger partial charge >= 0.3 is 11.9 Å². The molecule has 0 radical (unpaired) electrons. The Morgan fingerprint density at radius 2 is 0.826 bits per heavy atom. The molecule has 0 aliphatic carbocycles. The molecule has 0 aromatic rings. The molecule has 6 N–H and O–H groups in total. The predicted molar refractivity (Wildman–Crippen MR) is 83.0 cm³/mol. The number of aliphatic carboxylic acids is 2. The van der Waals surface area contributed by atoms with Gasteiger partial charge < -0.3 is 30.6 Å². The Morgan fingerprint density at radius 1 is 0.565 bits per heavy atom. The molecular weight excluding hydrogens is 308 g/mol. The zero-order valence-electron chi connectivity index (χ0n) is 13.5.